The van der Waals surface area contributed by atoms with Crippen LogP contribution in [-0.2, 0) is 16.0 Å². The van der Waals surface area contributed by atoms with Gasteiger partial charge in [0.1, 0.15) is 11.5 Å². The summed E-state index contributed by atoms with van der Waals surface area (Å²) in [6, 6.07) is 16.5. The number of hydrogen-bond donors (Lipinski definition) is 0. The van der Waals surface area contributed by atoms with Crippen LogP contribution in [0.1, 0.15) is 24.0 Å². The molecule has 1 saturated heterocycles. The molecule has 2 amide bonds. The molecule has 0 atom stereocenters. The van der Waals surface area contributed by atoms with Crippen molar-refractivity contribution >= 4 is 11.8 Å². The highest BCUT2D eigenvalue weighted by Crippen LogP contribution is 2.15. The molecule has 0 N–H and O–H groups in total. The molecule has 0 aromatic heterocycles. The third-order valence-corrected chi connectivity index (χ3v) is 5.33. The average Bonchev–Trinajstić information content (AvgIpc) is 3.08. The molecule has 1 aliphatic heterocycles. The summed E-state index contributed by atoms with van der Waals surface area (Å²) in [5.74, 6) is 1.36. The second kappa shape index (κ2) is 11.0. The van der Waals surface area contributed by atoms with Gasteiger partial charge in [0.2, 0.25) is 5.91 Å². The molecule has 1 heterocycles. The first kappa shape index (κ1) is 22.2. The SMILES string of the molecule is COc1ccc(CCC(=O)N2CCCN(C(=O)COc3ccc(C#N)cc3)CC2)cc1. The van der Waals surface area contributed by atoms with E-state index in [-0.39, 0.29) is 18.4 Å². The molecule has 0 saturated carbocycles. The molecule has 0 radical (unpaired) electrons. The Morgan fingerprint density at radius 3 is 2.13 bits per heavy atom. The van der Waals surface area contributed by atoms with E-state index >= 15 is 0 Å². The molecule has 2 aromatic rings. The fourth-order valence-corrected chi connectivity index (χ4v) is 3.48. The van der Waals surface area contributed by atoms with E-state index < -0.39 is 0 Å². The number of amides is 2. The summed E-state index contributed by atoms with van der Waals surface area (Å²) in [4.78, 5) is 28.8. The minimum Gasteiger partial charge on any atom is -0.497 e. The zero-order valence-corrected chi connectivity index (χ0v) is 17.8. The van der Waals surface area contributed by atoms with Crippen LogP contribution in [0, 0.1) is 11.3 Å². The number of carbonyl (C=O) groups excluding carboxylic acids is 2. The van der Waals surface area contributed by atoms with Gasteiger partial charge < -0.3 is 19.3 Å². The van der Waals surface area contributed by atoms with Crippen molar-refractivity contribution in [2.45, 2.75) is 19.3 Å². The normalized spacial score (nSPS) is 13.8. The van der Waals surface area contributed by atoms with Gasteiger partial charge in [-0.1, -0.05) is 12.1 Å². The van der Waals surface area contributed by atoms with Gasteiger partial charge in [0.25, 0.3) is 5.91 Å². The minimum absolute atomic E-state index is 0.0582. The largest absolute Gasteiger partial charge is 0.497 e. The predicted octanol–water partition coefficient (Wildman–Crippen LogP) is 2.64. The van der Waals surface area contributed by atoms with Gasteiger partial charge in [-0.05, 0) is 54.8 Å². The first-order valence-electron chi connectivity index (χ1n) is 10.4. The van der Waals surface area contributed by atoms with Gasteiger partial charge in [0, 0.05) is 32.6 Å². The molecular formula is C24H27N3O4. The molecule has 0 unspecified atom stereocenters. The molecule has 3 rings (SSSR count). The van der Waals surface area contributed by atoms with Crippen LogP contribution < -0.4 is 9.47 Å². The number of hydrogen-bond acceptors (Lipinski definition) is 5. The Kier molecular flexibility index (Phi) is 7.88. The van der Waals surface area contributed by atoms with Crippen molar-refractivity contribution in [3.8, 4) is 17.6 Å². The van der Waals surface area contributed by atoms with Crippen molar-refractivity contribution in [1.82, 2.24) is 9.80 Å². The lowest BCUT2D eigenvalue weighted by atomic mass is 10.1. The van der Waals surface area contributed by atoms with Gasteiger partial charge >= 0.3 is 0 Å². The van der Waals surface area contributed by atoms with Gasteiger partial charge in [-0.25, -0.2) is 0 Å². The summed E-state index contributed by atoms with van der Waals surface area (Å²) in [5.41, 5.74) is 1.64. The molecule has 0 bridgehead atoms. The number of nitrogens with zero attached hydrogens (tertiary/aromatic N) is 3. The Morgan fingerprint density at radius 2 is 1.52 bits per heavy atom. The third kappa shape index (κ3) is 6.48. The molecule has 7 heteroatoms. The number of nitriles is 1. The summed E-state index contributed by atoms with van der Waals surface area (Å²) >= 11 is 0. The molecule has 162 valence electrons. The van der Waals surface area contributed by atoms with Gasteiger partial charge in [-0.15, -0.1) is 0 Å². The number of ether oxygens (including phenoxy) is 2. The van der Waals surface area contributed by atoms with Gasteiger partial charge in [-0.3, -0.25) is 9.59 Å². The molecule has 1 fully saturated rings. The molecule has 0 spiro atoms. The highest BCUT2D eigenvalue weighted by atomic mass is 16.5. The lowest BCUT2D eigenvalue weighted by Gasteiger charge is -2.22. The Hall–Kier alpha value is -3.53. The number of rotatable bonds is 7. The lowest BCUT2D eigenvalue weighted by Crippen LogP contribution is -2.39. The van der Waals surface area contributed by atoms with Crippen molar-refractivity contribution in [3.63, 3.8) is 0 Å². The molecule has 0 aliphatic carbocycles. The molecular weight excluding hydrogens is 394 g/mol. The fraction of sp³-hybridized carbons (Fsp3) is 0.375. The maximum absolute atomic E-state index is 12.6. The quantitative estimate of drug-likeness (QED) is 0.686. The van der Waals surface area contributed by atoms with Crippen LogP contribution in [0.25, 0.3) is 0 Å². The van der Waals surface area contributed by atoms with E-state index in [2.05, 4.69) is 0 Å². The lowest BCUT2D eigenvalue weighted by molar-refractivity contribution is -0.134. The molecule has 2 aromatic carbocycles. The van der Waals surface area contributed by atoms with E-state index in [0.29, 0.717) is 50.3 Å². The first-order chi connectivity index (χ1) is 15.1. The second-order valence-corrected chi connectivity index (χ2v) is 7.39. The van der Waals surface area contributed by atoms with E-state index in [9.17, 15) is 9.59 Å². The van der Waals surface area contributed by atoms with E-state index in [4.69, 9.17) is 14.7 Å². The third-order valence-electron chi connectivity index (χ3n) is 5.33. The van der Waals surface area contributed by atoms with E-state index in [1.807, 2.05) is 35.2 Å². The van der Waals surface area contributed by atoms with Crippen molar-refractivity contribution in [3.05, 3.63) is 59.7 Å². The van der Waals surface area contributed by atoms with Gasteiger partial charge in [0.05, 0.1) is 18.7 Å². The van der Waals surface area contributed by atoms with Crippen molar-refractivity contribution in [1.29, 1.82) is 5.26 Å². The summed E-state index contributed by atoms with van der Waals surface area (Å²) < 4.78 is 10.7. The van der Waals surface area contributed by atoms with Crippen LogP contribution >= 0.6 is 0 Å². The van der Waals surface area contributed by atoms with Gasteiger partial charge in [0.15, 0.2) is 6.61 Å². The van der Waals surface area contributed by atoms with Crippen molar-refractivity contribution in [2.75, 3.05) is 39.9 Å². The van der Waals surface area contributed by atoms with E-state index in [0.717, 1.165) is 17.7 Å². The monoisotopic (exact) mass is 421 g/mol. The highest BCUT2D eigenvalue weighted by molar-refractivity contribution is 5.79. The van der Waals surface area contributed by atoms with Crippen molar-refractivity contribution < 1.29 is 19.1 Å². The minimum atomic E-state index is -0.100. The molecule has 7 nitrogen and oxygen atoms in total. The van der Waals surface area contributed by atoms with Crippen molar-refractivity contribution in [2.24, 2.45) is 0 Å². The van der Waals surface area contributed by atoms with Crippen LogP contribution in [0.3, 0.4) is 0 Å². The highest BCUT2D eigenvalue weighted by Gasteiger charge is 2.22. The van der Waals surface area contributed by atoms with Crippen LogP contribution in [0.2, 0.25) is 0 Å². The first-order valence-corrected chi connectivity index (χ1v) is 10.4. The van der Waals surface area contributed by atoms with Crippen LogP contribution in [0.15, 0.2) is 48.5 Å². The maximum atomic E-state index is 12.6. The van der Waals surface area contributed by atoms with E-state index in [1.165, 1.54) is 0 Å². The van der Waals surface area contributed by atoms with E-state index in [1.54, 1.807) is 36.3 Å². The fourth-order valence-electron chi connectivity index (χ4n) is 3.48. The maximum Gasteiger partial charge on any atom is 0.260 e. The van der Waals surface area contributed by atoms with Crippen LogP contribution in [-0.4, -0.2) is 61.5 Å². The summed E-state index contributed by atoms with van der Waals surface area (Å²) in [5, 5.41) is 8.83. The standard InChI is InChI=1S/C24H27N3O4/c1-30-21-8-3-19(4-9-21)7-12-23(28)26-13-2-14-27(16-15-26)24(29)18-31-22-10-5-20(17-25)6-11-22/h3-6,8-11H,2,7,12-16,18H2,1H3. The summed E-state index contributed by atoms with van der Waals surface area (Å²) in [7, 11) is 1.63. The van der Waals surface area contributed by atoms with Crippen LogP contribution in [0.5, 0.6) is 11.5 Å². The number of aryl methyl sites for hydroxylation is 1. The number of methoxy groups -OCH3 is 1. The number of carbonyl (C=O) groups is 2. The summed E-state index contributed by atoms with van der Waals surface area (Å²) in [6.45, 7) is 2.24. The number of benzene rings is 2. The zero-order valence-electron chi connectivity index (χ0n) is 17.8. The summed E-state index contributed by atoms with van der Waals surface area (Å²) in [6.07, 6.45) is 1.87. The topological polar surface area (TPSA) is 82.9 Å². The Morgan fingerprint density at radius 1 is 0.903 bits per heavy atom. The van der Waals surface area contributed by atoms with Gasteiger partial charge in [-0.2, -0.15) is 5.26 Å². The molecule has 31 heavy (non-hydrogen) atoms. The Labute approximate surface area is 182 Å². The Balaban J connectivity index is 1.43. The smallest absolute Gasteiger partial charge is 0.260 e. The molecule has 1 aliphatic rings. The second-order valence-electron chi connectivity index (χ2n) is 7.39. The zero-order chi connectivity index (χ0) is 22.1. The van der Waals surface area contributed by atoms with Crippen LogP contribution in [0.4, 0.5) is 0 Å². The predicted molar refractivity (Wildman–Crippen MR) is 116 cm³/mol. The Bertz CT molecular complexity index is 919. The average molecular weight is 421 g/mol.